The lowest BCUT2D eigenvalue weighted by molar-refractivity contribution is -0.654. The minimum atomic E-state index is 0. The Hall–Kier alpha value is -0.940. The molecule has 1 heterocycles. The molecule has 0 aliphatic heterocycles. The predicted molar refractivity (Wildman–Crippen MR) is 60.7 cm³/mol. The van der Waals surface area contributed by atoms with E-state index in [9.17, 15) is 4.79 Å². The molecule has 0 saturated heterocycles. The minimum absolute atomic E-state index is 0. The molecule has 2 rings (SSSR count). The van der Waals surface area contributed by atoms with Gasteiger partial charge in [0.05, 0.1) is 0 Å². The highest BCUT2D eigenvalue weighted by Crippen LogP contribution is 2.14. The van der Waals surface area contributed by atoms with Crippen molar-refractivity contribution in [3.8, 4) is 0 Å². The molecule has 2 aromatic rings. The molecule has 1 N–H and O–H groups in total. The van der Waals surface area contributed by atoms with Crippen LogP contribution < -0.4 is 26.9 Å². The van der Waals surface area contributed by atoms with Crippen LogP contribution in [0.15, 0.2) is 29.8 Å². The van der Waals surface area contributed by atoms with Gasteiger partial charge in [0.25, 0.3) is 5.91 Å². The van der Waals surface area contributed by atoms with Crippen LogP contribution in [0, 0.1) is 0 Å². The van der Waals surface area contributed by atoms with Gasteiger partial charge in [0.15, 0.2) is 0 Å². The van der Waals surface area contributed by atoms with Gasteiger partial charge in [-0.25, -0.2) is 0 Å². The number of hydrogen-bond acceptors (Lipinski definition) is 2. The summed E-state index contributed by atoms with van der Waals surface area (Å²) in [7, 11) is 0. The number of carbonyl (C=O) groups is 1. The van der Waals surface area contributed by atoms with Crippen LogP contribution in [0.1, 0.15) is 6.92 Å². The Labute approximate surface area is 109 Å². The van der Waals surface area contributed by atoms with Crippen molar-refractivity contribution in [2.75, 3.05) is 6.54 Å². The van der Waals surface area contributed by atoms with Gasteiger partial charge in [-0.3, -0.25) is 4.79 Å². The second kappa shape index (κ2) is 5.96. The summed E-state index contributed by atoms with van der Waals surface area (Å²) in [5.41, 5.74) is 3.11. The molecule has 3 nitrogen and oxygen atoms in total. The fraction of sp³-hybridized carbons (Fsp3) is 0.273. The minimum Gasteiger partial charge on any atom is -1.00 e. The third kappa shape index (κ3) is 2.80. The fourth-order valence-electron chi connectivity index (χ4n) is 1.50. The third-order valence-electron chi connectivity index (χ3n) is 2.17. The van der Waals surface area contributed by atoms with Crippen LogP contribution in [0.3, 0.4) is 0 Å². The van der Waals surface area contributed by atoms with E-state index in [4.69, 9.17) is 0 Å². The number of rotatable bonds is 3. The molecule has 5 heteroatoms. The summed E-state index contributed by atoms with van der Waals surface area (Å²) in [4.78, 5) is 11.4. The first kappa shape index (κ1) is 13.1. The predicted octanol–water partition coefficient (Wildman–Crippen LogP) is -1.67. The Bertz CT molecular complexity index is 484. The van der Waals surface area contributed by atoms with E-state index in [0.717, 1.165) is 5.52 Å². The van der Waals surface area contributed by atoms with Crippen molar-refractivity contribution in [1.29, 1.82) is 0 Å². The molecule has 0 radical (unpaired) electrons. The van der Waals surface area contributed by atoms with E-state index in [2.05, 4.69) is 11.4 Å². The standard InChI is InChI=1S/C11H12N2OS.BrH/c1-2-12-11(14)7-13-8-15-10-6-4-3-5-9(10)13;/h3-6,8H,2,7H2,1H3;1H. The average Bonchev–Trinajstić information content (AvgIpc) is 2.62. The van der Waals surface area contributed by atoms with E-state index in [1.807, 2.05) is 35.2 Å². The molecular formula is C11H13BrN2OS. The quantitative estimate of drug-likeness (QED) is 0.676. The normalized spacial score (nSPS) is 9.81. The molecule has 86 valence electrons. The number of likely N-dealkylation sites (N-methyl/N-ethyl adjacent to an activating group) is 1. The lowest BCUT2D eigenvalue weighted by atomic mass is 10.3. The number of nitrogens with one attached hydrogen (secondary N) is 1. The van der Waals surface area contributed by atoms with Crippen LogP contribution in [0.2, 0.25) is 0 Å². The molecule has 1 amide bonds. The van der Waals surface area contributed by atoms with Crippen molar-refractivity contribution in [3.05, 3.63) is 29.8 Å². The zero-order chi connectivity index (χ0) is 10.7. The van der Waals surface area contributed by atoms with Crippen molar-refractivity contribution in [2.45, 2.75) is 13.5 Å². The molecule has 0 aliphatic carbocycles. The summed E-state index contributed by atoms with van der Waals surface area (Å²) in [5, 5.41) is 2.79. The molecule has 1 aromatic heterocycles. The second-order valence-electron chi connectivity index (χ2n) is 3.27. The first-order valence-corrected chi connectivity index (χ1v) is 5.81. The zero-order valence-corrected chi connectivity index (χ0v) is 11.3. The molecular weight excluding hydrogens is 288 g/mol. The highest BCUT2D eigenvalue weighted by molar-refractivity contribution is 7.16. The molecule has 0 fully saturated rings. The van der Waals surface area contributed by atoms with Gasteiger partial charge >= 0.3 is 0 Å². The molecule has 16 heavy (non-hydrogen) atoms. The summed E-state index contributed by atoms with van der Waals surface area (Å²) in [5.74, 6) is 0.0612. The van der Waals surface area contributed by atoms with E-state index in [0.29, 0.717) is 13.1 Å². The number of benzene rings is 1. The van der Waals surface area contributed by atoms with Crippen LogP contribution in [0.5, 0.6) is 0 Å². The first-order chi connectivity index (χ1) is 7.31. The van der Waals surface area contributed by atoms with Crippen LogP contribution >= 0.6 is 11.3 Å². The monoisotopic (exact) mass is 300 g/mol. The molecule has 0 saturated carbocycles. The highest BCUT2D eigenvalue weighted by Gasteiger charge is 2.14. The number of para-hydroxylation sites is 1. The highest BCUT2D eigenvalue weighted by atomic mass is 79.9. The topological polar surface area (TPSA) is 33.0 Å². The maximum absolute atomic E-state index is 11.4. The number of carbonyl (C=O) groups excluding carboxylic acids is 1. The average molecular weight is 301 g/mol. The van der Waals surface area contributed by atoms with Crippen molar-refractivity contribution >= 4 is 27.5 Å². The number of hydrogen-bond donors (Lipinski definition) is 1. The van der Waals surface area contributed by atoms with Gasteiger partial charge in [0, 0.05) is 12.6 Å². The zero-order valence-electron chi connectivity index (χ0n) is 8.94. The first-order valence-electron chi connectivity index (χ1n) is 4.93. The summed E-state index contributed by atoms with van der Waals surface area (Å²) in [6.45, 7) is 3.01. The Morgan fingerprint density at radius 2 is 2.19 bits per heavy atom. The van der Waals surface area contributed by atoms with Gasteiger partial charge in [-0.15, -0.1) is 0 Å². The van der Waals surface area contributed by atoms with Crippen LogP contribution in [-0.4, -0.2) is 12.5 Å². The SMILES string of the molecule is CCNC(=O)C[n+]1csc2ccccc21.[Br-]. The van der Waals surface area contributed by atoms with E-state index in [-0.39, 0.29) is 22.9 Å². The smallest absolute Gasteiger partial charge is 0.286 e. The molecule has 0 bridgehead atoms. The largest absolute Gasteiger partial charge is 1.00 e. The van der Waals surface area contributed by atoms with Gasteiger partial charge < -0.3 is 22.3 Å². The Kier molecular flexibility index (Phi) is 4.89. The number of nitrogens with zero attached hydrogens (tertiary/aromatic N) is 1. The number of thiazole rings is 1. The summed E-state index contributed by atoms with van der Waals surface area (Å²) in [6.07, 6.45) is 0. The second-order valence-corrected chi connectivity index (χ2v) is 4.16. The Balaban J connectivity index is 0.00000128. The third-order valence-corrected chi connectivity index (χ3v) is 3.13. The van der Waals surface area contributed by atoms with E-state index in [1.165, 1.54) is 4.70 Å². The van der Waals surface area contributed by atoms with E-state index in [1.54, 1.807) is 11.3 Å². The van der Waals surface area contributed by atoms with Crippen molar-refractivity contribution < 1.29 is 26.3 Å². The Morgan fingerprint density at radius 1 is 1.44 bits per heavy atom. The van der Waals surface area contributed by atoms with Crippen molar-refractivity contribution in [3.63, 3.8) is 0 Å². The fourth-order valence-corrected chi connectivity index (χ4v) is 2.39. The van der Waals surface area contributed by atoms with E-state index >= 15 is 0 Å². The number of amides is 1. The maximum Gasteiger partial charge on any atom is 0.286 e. The molecule has 0 aliphatic rings. The van der Waals surface area contributed by atoms with Gasteiger partial charge in [0.1, 0.15) is 4.70 Å². The van der Waals surface area contributed by atoms with Gasteiger partial charge in [0.2, 0.25) is 17.6 Å². The van der Waals surface area contributed by atoms with Gasteiger partial charge in [-0.2, -0.15) is 4.57 Å². The lowest BCUT2D eigenvalue weighted by Gasteiger charge is -1.96. The summed E-state index contributed by atoms with van der Waals surface area (Å²) in [6, 6.07) is 8.10. The number of halogens is 1. The van der Waals surface area contributed by atoms with Gasteiger partial charge in [-0.05, 0) is 13.0 Å². The Morgan fingerprint density at radius 3 is 2.94 bits per heavy atom. The van der Waals surface area contributed by atoms with E-state index < -0.39 is 0 Å². The summed E-state index contributed by atoms with van der Waals surface area (Å²) >= 11 is 1.66. The molecule has 0 atom stereocenters. The van der Waals surface area contributed by atoms with Crippen LogP contribution in [0.25, 0.3) is 10.2 Å². The van der Waals surface area contributed by atoms with Crippen molar-refractivity contribution in [2.24, 2.45) is 0 Å². The molecule has 0 spiro atoms. The van der Waals surface area contributed by atoms with Crippen LogP contribution in [-0.2, 0) is 11.3 Å². The number of aromatic nitrogens is 1. The molecule has 1 aromatic carbocycles. The molecule has 0 unspecified atom stereocenters. The maximum atomic E-state index is 11.4. The number of fused-ring (bicyclic) bond motifs is 1. The summed E-state index contributed by atoms with van der Waals surface area (Å²) < 4.78 is 3.19. The van der Waals surface area contributed by atoms with Gasteiger partial charge in [-0.1, -0.05) is 23.5 Å². The lowest BCUT2D eigenvalue weighted by Crippen LogP contribution is -3.00. The van der Waals surface area contributed by atoms with Crippen LogP contribution in [0.4, 0.5) is 0 Å². The van der Waals surface area contributed by atoms with Crippen molar-refractivity contribution in [1.82, 2.24) is 5.32 Å².